The molecule has 27 heavy (non-hydrogen) atoms. The molecule has 2 aromatic rings. The van der Waals surface area contributed by atoms with Gasteiger partial charge in [-0.25, -0.2) is 0 Å². The van der Waals surface area contributed by atoms with Crippen LogP contribution in [0.25, 0.3) is 6.08 Å². The van der Waals surface area contributed by atoms with Crippen LogP contribution in [0.5, 0.6) is 11.5 Å². The number of hydrogen-bond acceptors (Lipinski definition) is 5. The zero-order valence-electron chi connectivity index (χ0n) is 14.1. The Morgan fingerprint density at radius 1 is 1.19 bits per heavy atom. The van der Waals surface area contributed by atoms with Crippen molar-refractivity contribution in [2.75, 3.05) is 19.0 Å². The summed E-state index contributed by atoms with van der Waals surface area (Å²) >= 11 is 11.8. The van der Waals surface area contributed by atoms with Crippen molar-refractivity contribution in [3.63, 3.8) is 0 Å². The Kier molecular flexibility index (Phi) is 7.08. The molecule has 8 heteroatoms. The van der Waals surface area contributed by atoms with E-state index >= 15 is 0 Å². The van der Waals surface area contributed by atoms with Gasteiger partial charge in [0.2, 0.25) is 0 Å². The molecule has 1 N–H and O–H groups in total. The highest BCUT2D eigenvalue weighted by molar-refractivity contribution is 6.36. The Morgan fingerprint density at radius 3 is 2.59 bits per heavy atom. The fourth-order valence-electron chi connectivity index (χ4n) is 2.10. The number of nitrogens with zero attached hydrogens (tertiary/aromatic N) is 2. The minimum absolute atomic E-state index is 0.126. The molecule has 0 aliphatic carbocycles. The van der Waals surface area contributed by atoms with Crippen molar-refractivity contribution in [2.45, 2.75) is 0 Å². The van der Waals surface area contributed by atoms with Crippen molar-refractivity contribution in [2.24, 2.45) is 0 Å². The first-order valence-electron chi connectivity index (χ1n) is 7.54. The Balaban J connectivity index is 2.25. The summed E-state index contributed by atoms with van der Waals surface area (Å²) in [7, 11) is 1.45. The van der Waals surface area contributed by atoms with Crippen molar-refractivity contribution in [1.82, 2.24) is 0 Å². The molecule has 2 aromatic carbocycles. The summed E-state index contributed by atoms with van der Waals surface area (Å²) in [5.74, 6) is 0.134. The first-order valence-corrected chi connectivity index (χ1v) is 8.30. The highest BCUT2D eigenvalue weighted by Gasteiger charge is 2.13. The first-order chi connectivity index (χ1) is 13.0. The maximum Gasteiger partial charge on any atom is 0.266 e. The number of methoxy groups -OCH3 is 1. The van der Waals surface area contributed by atoms with E-state index in [1.54, 1.807) is 30.3 Å². The van der Waals surface area contributed by atoms with E-state index in [4.69, 9.17) is 37.9 Å². The van der Waals surface area contributed by atoms with E-state index in [9.17, 15) is 10.1 Å². The zero-order chi connectivity index (χ0) is 19.8. The van der Waals surface area contributed by atoms with E-state index in [1.807, 2.05) is 12.1 Å². The molecule has 0 atom stereocenters. The maximum atomic E-state index is 12.4. The summed E-state index contributed by atoms with van der Waals surface area (Å²) in [5.41, 5.74) is 0.754. The van der Waals surface area contributed by atoms with Crippen molar-refractivity contribution in [1.29, 1.82) is 10.5 Å². The molecule has 6 nitrogen and oxygen atoms in total. The number of ether oxygens (including phenoxy) is 2. The maximum absolute atomic E-state index is 12.4. The highest BCUT2D eigenvalue weighted by atomic mass is 35.5. The number of benzene rings is 2. The van der Waals surface area contributed by atoms with Crippen LogP contribution in [-0.4, -0.2) is 19.6 Å². The standard InChI is InChI=1S/C19H13Cl2N3O3/c1-26-18-9-12(2-5-17(18)27-7-6-22)8-13(11-23)19(25)24-16-4-3-14(20)10-15(16)21/h2-5,8-10H,7H2,1H3,(H,24,25)/b13-8+. The number of nitrogens with one attached hydrogen (secondary N) is 1. The molecular weight excluding hydrogens is 389 g/mol. The van der Waals surface area contributed by atoms with Gasteiger partial charge in [0.25, 0.3) is 5.91 Å². The minimum Gasteiger partial charge on any atom is -0.493 e. The van der Waals surface area contributed by atoms with Crippen LogP contribution in [0.2, 0.25) is 10.0 Å². The second-order valence-electron chi connectivity index (χ2n) is 5.11. The van der Waals surface area contributed by atoms with Crippen LogP contribution < -0.4 is 14.8 Å². The van der Waals surface area contributed by atoms with Gasteiger partial charge in [0.15, 0.2) is 18.1 Å². The second-order valence-corrected chi connectivity index (χ2v) is 5.95. The van der Waals surface area contributed by atoms with Crippen molar-refractivity contribution >= 4 is 40.9 Å². The fourth-order valence-corrected chi connectivity index (χ4v) is 2.55. The Hall–Kier alpha value is -3.19. The third-order valence-corrected chi connectivity index (χ3v) is 3.88. The SMILES string of the molecule is COc1cc(/C=C(\C#N)C(=O)Nc2ccc(Cl)cc2Cl)ccc1OCC#N. The van der Waals surface area contributed by atoms with Crippen LogP contribution in [0.1, 0.15) is 5.56 Å². The molecule has 0 spiro atoms. The summed E-state index contributed by atoms with van der Waals surface area (Å²) in [4.78, 5) is 12.4. The van der Waals surface area contributed by atoms with Gasteiger partial charge < -0.3 is 14.8 Å². The van der Waals surface area contributed by atoms with Crippen LogP contribution in [-0.2, 0) is 4.79 Å². The third-order valence-electron chi connectivity index (χ3n) is 3.34. The fraction of sp³-hybridized carbons (Fsp3) is 0.105. The number of nitriles is 2. The minimum atomic E-state index is -0.620. The van der Waals surface area contributed by atoms with Crippen LogP contribution in [0.3, 0.4) is 0 Å². The smallest absolute Gasteiger partial charge is 0.266 e. The van der Waals surface area contributed by atoms with E-state index in [2.05, 4.69) is 5.32 Å². The monoisotopic (exact) mass is 401 g/mol. The topological polar surface area (TPSA) is 95.1 Å². The Bertz CT molecular complexity index is 975. The van der Waals surface area contributed by atoms with E-state index in [0.717, 1.165) is 0 Å². The van der Waals surface area contributed by atoms with Crippen molar-refractivity contribution in [3.8, 4) is 23.6 Å². The lowest BCUT2D eigenvalue weighted by molar-refractivity contribution is -0.112. The van der Waals surface area contributed by atoms with E-state index < -0.39 is 5.91 Å². The highest BCUT2D eigenvalue weighted by Crippen LogP contribution is 2.29. The van der Waals surface area contributed by atoms with Crippen LogP contribution in [0.4, 0.5) is 5.69 Å². The average Bonchev–Trinajstić information content (AvgIpc) is 2.66. The number of carbonyl (C=O) groups excluding carboxylic acids is 1. The average molecular weight is 402 g/mol. The number of carbonyl (C=O) groups is 1. The van der Waals surface area contributed by atoms with Crippen molar-refractivity contribution in [3.05, 3.63) is 57.6 Å². The normalized spacial score (nSPS) is 10.5. The number of hydrogen-bond donors (Lipinski definition) is 1. The molecule has 0 bridgehead atoms. The molecule has 0 aliphatic heterocycles. The molecule has 0 saturated heterocycles. The van der Waals surface area contributed by atoms with Gasteiger partial charge in [-0.05, 0) is 42.0 Å². The molecular formula is C19H13Cl2N3O3. The second kappa shape index (κ2) is 9.49. The molecule has 1 amide bonds. The lowest BCUT2D eigenvalue weighted by Gasteiger charge is -2.09. The summed E-state index contributed by atoms with van der Waals surface area (Å²) in [5, 5.41) is 21.2. The van der Waals surface area contributed by atoms with Gasteiger partial charge in [-0.2, -0.15) is 10.5 Å². The number of anilines is 1. The number of rotatable bonds is 6. The summed E-state index contributed by atoms with van der Waals surface area (Å²) in [6.45, 7) is -0.126. The van der Waals surface area contributed by atoms with E-state index in [-0.39, 0.29) is 17.2 Å². The van der Waals surface area contributed by atoms with Crippen LogP contribution >= 0.6 is 23.2 Å². The molecule has 0 unspecified atom stereocenters. The van der Waals surface area contributed by atoms with Crippen molar-refractivity contribution < 1.29 is 14.3 Å². The Morgan fingerprint density at radius 2 is 1.96 bits per heavy atom. The third kappa shape index (κ3) is 5.39. The van der Waals surface area contributed by atoms with Gasteiger partial charge in [-0.1, -0.05) is 29.3 Å². The predicted molar refractivity (Wildman–Crippen MR) is 103 cm³/mol. The molecule has 2 rings (SSSR count). The molecule has 0 aromatic heterocycles. The molecule has 0 radical (unpaired) electrons. The first kappa shape index (κ1) is 20.1. The van der Waals surface area contributed by atoms with Crippen LogP contribution in [0.15, 0.2) is 42.0 Å². The largest absolute Gasteiger partial charge is 0.493 e. The van der Waals surface area contributed by atoms with Crippen LogP contribution in [0, 0.1) is 22.7 Å². The predicted octanol–water partition coefficient (Wildman–Crippen LogP) is 4.45. The lowest BCUT2D eigenvalue weighted by Crippen LogP contribution is -2.13. The molecule has 0 fully saturated rings. The quantitative estimate of drug-likeness (QED) is 0.569. The zero-order valence-corrected chi connectivity index (χ0v) is 15.6. The van der Waals surface area contributed by atoms with E-state index in [1.165, 1.54) is 19.3 Å². The van der Waals surface area contributed by atoms with E-state index in [0.29, 0.717) is 27.8 Å². The van der Waals surface area contributed by atoms with Gasteiger partial charge in [0.1, 0.15) is 17.7 Å². The molecule has 136 valence electrons. The van der Waals surface area contributed by atoms with Gasteiger partial charge in [0.05, 0.1) is 17.8 Å². The summed E-state index contributed by atoms with van der Waals surface area (Å²) < 4.78 is 10.4. The molecule has 0 aliphatic rings. The van der Waals surface area contributed by atoms with Gasteiger partial charge >= 0.3 is 0 Å². The summed E-state index contributed by atoms with van der Waals surface area (Å²) in [6, 6.07) is 13.1. The van der Waals surface area contributed by atoms with Gasteiger partial charge in [-0.3, -0.25) is 4.79 Å². The molecule has 0 heterocycles. The molecule has 0 saturated carbocycles. The number of halogens is 2. The van der Waals surface area contributed by atoms with Gasteiger partial charge in [0, 0.05) is 5.02 Å². The lowest BCUT2D eigenvalue weighted by atomic mass is 10.1. The number of amides is 1. The summed E-state index contributed by atoms with van der Waals surface area (Å²) in [6.07, 6.45) is 1.40. The Labute approximate surface area is 166 Å². The van der Waals surface area contributed by atoms with Gasteiger partial charge in [-0.15, -0.1) is 0 Å².